The molecule has 0 bridgehead atoms. The average molecular weight is 482 g/mol. The molecule has 1 fully saturated rings. The molecule has 2 N–H and O–H groups in total. The molecule has 2 heterocycles. The van der Waals surface area contributed by atoms with Crippen molar-refractivity contribution >= 4 is 5.97 Å². The molecule has 13 heteroatoms. The first-order chi connectivity index (χ1) is 15.3. The fraction of sp³-hybridized carbons (Fsp3) is 0.550. The molecule has 1 aliphatic rings. The summed E-state index contributed by atoms with van der Waals surface area (Å²) in [5.74, 6) is -2.35. The molecule has 1 saturated heterocycles. The van der Waals surface area contributed by atoms with E-state index in [2.05, 4.69) is 15.2 Å². The van der Waals surface area contributed by atoms with Crippen LogP contribution in [-0.4, -0.2) is 55.3 Å². The van der Waals surface area contributed by atoms with Gasteiger partial charge in [0.25, 0.3) is 0 Å². The molecule has 0 radical (unpaired) electrons. The van der Waals surface area contributed by atoms with Gasteiger partial charge in [-0.2, -0.15) is 26.3 Å². The molecule has 33 heavy (non-hydrogen) atoms. The van der Waals surface area contributed by atoms with Gasteiger partial charge in [-0.3, -0.25) is 9.58 Å². The lowest BCUT2D eigenvalue weighted by Crippen LogP contribution is -2.35. The number of carboxylic acids is 1. The smallest absolute Gasteiger partial charge is 0.475 e. The number of aromatic nitrogens is 3. The van der Waals surface area contributed by atoms with Crippen molar-refractivity contribution in [2.75, 3.05) is 13.1 Å². The van der Waals surface area contributed by atoms with Crippen LogP contribution < -0.4 is 0 Å². The zero-order chi connectivity index (χ0) is 24.8. The Morgan fingerprint density at radius 3 is 2.21 bits per heavy atom. The summed E-state index contributed by atoms with van der Waals surface area (Å²) in [6.07, 6.45) is -6.49. The molecule has 1 unspecified atom stereocenters. The maximum Gasteiger partial charge on any atom is 0.490 e. The van der Waals surface area contributed by atoms with Crippen LogP contribution in [0.25, 0.3) is 0 Å². The lowest BCUT2D eigenvalue weighted by molar-refractivity contribution is -0.192. The van der Waals surface area contributed by atoms with Crippen LogP contribution in [0.2, 0.25) is 0 Å². The van der Waals surface area contributed by atoms with Gasteiger partial charge in [-0.05, 0) is 50.4 Å². The summed E-state index contributed by atoms with van der Waals surface area (Å²) in [5.41, 5.74) is 0.331. The highest BCUT2D eigenvalue weighted by molar-refractivity contribution is 5.73. The fourth-order valence-electron chi connectivity index (χ4n) is 3.36. The molecule has 7 nitrogen and oxygen atoms in total. The summed E-state index contributed by atoms with van der Waals surface area (Å²) in [4.78, 5) is 11.0. The van der Waals surface area contributed by atoms with Gasteiger partial charge in [-0.15, -0.1) is 5.10 Å². The Hall–Kier alpha value is -2.67. The topological polar surface area (TPSA) is 91.5 Å². The largest absolute Gasteiger partial charge is 0.490 e. The Labute approximate surface area is 185 Å². The van der Waals surface area contributed by atoms with Crippen LogP contribution in [-0.2, 0) is 24.1 Å². The molecule has 1 aromatic carbocycles. The van der Waals surface area contributed by atoms with Crippen LogP contribution >= 0.6 is 0 Å². The van der Waals surface area contributed by atoms with Gasteiger partial charge < -0.3 is 10.2 Å². The SMILES string of the molecule is CC(O)c1cn(CC2CCN(Cc3ccccc3C(F)(F)F)CC2)nn1.O=C(O)C(F)(F)F. The lowest BCUT2D eigenvalue weighted by atomic mass is 9.96. The molecule has 184 valence electrons. The van der Waals surface area contributed by atoms with E-state index < -0.39 is 30.0 Å². The summed E-state index contributed by atoms with van der Waals surface area (Å²) in [7, 11) is 0. The number of hydrogen-bond donors (Lipinski definition) is 2. The van der Waals surface area contributed by atoms with E-state index in [1.54, 1.807) is 29.9 Å². The highest BCUT2D eigenvalue weighted by Gasteiger charge is 2.38. The first-order valence-corrected chi connectivity index (χ1v) is 10.0. The predicted molar refractivity (Wildman–Crippen MR) is 104 cm³/mol. The van der Waals surface area contributed by atoms with Gasteiger partial charge >= 0.3 is 18.3 Å². The molecular formula is C20H24F6N4O3. The van der Waals surface area contributed by atoms with E-state index in [-0.39, 0.29) is 0 Å². The molecule has 0 amide bonds. The van der Waals surface area contributed by atoms with Gasteiger partial charge in [0.1, 0.15) is 5.69 Å². The molecule has 2 aromatic rings. The zero-order valence-electron chi connectivity index (χ0n) is 17.6. The van der Waals surface area contributed by atoms with E-state index in [0.29, 0.717) is 30.3 Å². The maximum absolute atomic E-state index is 13.1. The molecular weight excluding hydrogens is 458 g/mol. The highest BCUT2D eigenvalue weighted by Crippen LogP contribution is 2.33. The molecule has 1 aromatic heterocycles. The second-order valence-electron chi connectivity index (χ2n) is 7.72. The van der Waals surface area contributed by atoms with Crippen molar-refractivity contribution in [1.29, 1.82) is 0 Å². The number of aliphatic hydroxyl groups excluding tert-OH is 1. The van der Waals surface area contributed by atoms with Crippen molar-refractivity contribution in [3.05, 3.63) is 47.3 Å². The van der Waals surface area contributed by atoms with Gasteiger partial charge in [-0.25, -0.2) is 4.79 Å². The monoisotopic (exact) mass is 482 g/mol. The number of halogens is 6. The van der Waals surface area contributed by atoms with Gasteiger partial charge in [-0.1, -0.05) is 23.4 Å². The van der Waals surface area contributed by atoms with E-state index in [0.717, 1.165) is 32.0 Å². The first kappa shape index (κ1) is 26.6. The Morgan fingerprint density at radius 1 is 1.15 bits per heavy atom. The third-order valence-corrected chi connectivity index (χ3v) is 5.10. The van der Waals surface area contributed by atoms with Crippen LogP contribution in [0.1, 0.15) is 42.7 Å². The third-order valence-electron chi connectivity index (χ3n) is 5.10. The van der Waals surface area contributed by atoms with Crippen molar-refractivity contribution < 1.29 is 41.4 Å². The molecule has 0 spiro atoms. The molecule has 0 saturated carbocycles. The number of aliphatic hydroxyl groups is 1. The minimum atomic E-state index is -5.08. The number of nitrogens with zero attached hydrogens (tertiary/aromatic N) is 4. The van der Waals surface area contributed by atoms with Crippen LogP contribution in [0.3, 0.4) is 0 Å². The number of hydrogen-bond acceptors (Lipinski definition) is 5. The van der Waals surface area contributed by atoms with Crippen LogP contribution in [0, 0.1) is 5.92 Å². The quantitative estimate of drug-likeness (QED) is 0.629. The Morgan fingerprint density at radius 2 is 1.73 bits per heavy atom. The van der Waals surface area contributed by atoms with Crippen LogP contribution in [0.15, 0.2) is 30.5 Å². The first-order valence-electron chi connectivity index (χ1n) is 10.0. The Bertz CT molecular complexity index is 906. The summed E-state index contributed by atoms with van der Waals surface area (Å²) in [5, 5.41) is 24.6. The van der Waals surface area contributed by atoms with Gasteiger partial charge in [0.2, 0.25) is 0 Å². The van der Waals surface area contributed by atoms with Crippen molar-refractivity contribution in [2.45, 2.75) is 51.3 Å². The normalized spacial score (nSPS) is 16.7. The summed E-state index contributed by atoms with van der Waals surface area (Å²) >= 11 is 0. The van der Waals surface area contributed by atoms with Crippen LogP contribution in [0.4, 0.5) is 26.3 Å². The van der Waals surface area contributed by atoms with E-state index >= 15 is 0 Å². The van der Waals surface area contributed by atoms with Crippen molar-refractivity contribution in [1.82, 2.24) is 19.9 Å². The average Bonchev–Trinajstić information content (AvgIpc) is 3.18. The molecule has 1 aliphatic heterocycles. The second-order valence-corrected chi connectivity index (χ2v) is 7.72. The molecule has 1 atom stereocenters. The number of alkyl halides is 6. The highest BCUT2D eigenvalue weighted by atomic mass is 19.4. The Kier molecular flexibility index (Phi) is 8.83. The summed E-state index contributed by atoms with van der Waals surface area (Å²) in [6, 6.07) is 5.79. The van der Waals surface area contributed by atoms with E-state index in [9.17, 15) is 31.4 Å². The van der Waals surface area contributed by atoms with Gasteiger partial charge in [0, 0.05) is 13.1 Å². The third kappa shape index (κ3) is 8.31. The number of rotatable bonds is 5. The van der Waals surface area contributed by atoms with Gasteiger partial charge in [0.05, 0.1) is 17.9 Å². The van der Waals surface area contributed by atoms with Crippen LogP contribution in [0.5, 0.6) is 0 Å². The zero-order valence-corrected chi connectivity index (χ0v) is 17.6. The van der Waals surface area contributed by atoms with Gasteiger partial charge in [0.15, 0.2) is 0 Å². The fourth-order valence-corrected chi connectivity index (χ4v) is 3.36. The second kappa shape index (κ2) is 11.0. The number of piperidine rings is 1. The van der Waals surface area contributed by atoms with E-state index in [4.69, 9.17) is 9.90 Å². The summed E-state index contributed by atoms with van der Waals surface area (Å²) < 4.78 is 72.8. The van der Waals surface area contributed by atoms with Crippen molar-refractivity contribution in [3.8, 4) is 0 Å². The van der Waals surface area contributed by atoms with E-state index in [1.807, 2.05) is 0 Å². The Balaban J connectivity index is 0.000000479. The molecule has 0 aliphatic carbocycles. The predicted octanol–water partition coefficient (Wildman–Crippen LogP) is 3.90. The standard InChI is InChI=1S/C18H23F3N4O.C2HF3O2/c1-13(26)17-12-25(23-22-17)10-14-6-8-24(9-7-14)11-15-4-2-3-5-16(15)18(19,20)21;3-2(4,5)1(6)7/h2-5,12-14,26H,6-11H2,1H3;(H,6,7). The maximum atomic E-state index is 13.1. The summed E-state index contributed by atoms with van der Waals surface area (Å²) in [6.45, 7) is 4.19. The number of carboxylic acid groups (broad SMARTS) is 1. The minimum Gasteiger partial charge on any atom is -0.475 e. The number of aliphatic carboxylic acids is 1. The minimum absolute atomic E-state index is 0.317. The molecule has 3 rings (SSSR count). The van der Waals surface area contributed by atoms with Crippen molar-refractivity contribution in [3.63, 3.8) is 0 Å². The number of benzene rings is 1. The number of likely N-dealkylation sites (tertiary alicyclic amines) is 1. The van der Waals surface area contributed by atoms with E-state index in [1.165, 1.54) is 6.07 Å². The van der Waals surface area contributed by atoms with Crippen molar-refractivity contribution in [2.24, 2.45) is 5.92 Å². The number of carbonyl (C=O) groups is 1. The lowest BCUT2D eigenvalue weighted by Gasteiger charge is -2.32.